The molecule has 0 saturated heterocycles. The van der Waals surface area contributed by atoms with E-state index in [1.807, 2.05) is 18.2 Å². The molecule has 0 radical (unpaired) electrons. The van der Waals surface area contributed by atoms with Crippen LogP contribution in [-0.4, -0.2) is 19.6 Å². The predicted octanol–water partition coefficient (Wildman–Crippen LogP) is 4.02. The van der Waals surface area contributed by atoms with Crippen LogP contribution in [0.1, 0.15) is 30.5 Å². The number of hydrogen-bond acceptors (Lipinski definition) is 2. The van der Waals surface area contributed by atoms with Crippen LogP contribution < -0.4 is 15.8 Å². The van der Waals surface area contributed by atoms with Crippen LogP contribution in [0.3, 0.4) is 0 Å². The van der Waals surface area contributed by atoms with Gasteiger partial charge in [0, 0.05) is 11.1 Å². The van der Waals surface area contributed by atoms with Gasteiger partial charge in [-0.3, -0.25) is 4.99 Å². The van der Waals surface area contributed by atoms with Gasteiger partial charge in [0.1, 0.15) is 5.75 Å². The van der Waals surface area contributed by atoms with E-state index in [-0.39, 0.29) is 5.41 Å². The number of methoxy groups -OCH3 is 1. The van der Waals surface area contributed by atoms with Crippen LogP contribution in [0, 0.1) is 13.8 Å². The highest BCUT2D eigenvalue weighted by molar-refractivity contribution is 5.92. The molecule has 0 aliphatic rings. The molecule has 0 amide bonds. The zero-order valence-electron chi connectivity index (χ0n) is 15.2. The number of ether oxygens (including phenoxy) is 1. The van der Waals surface area contributed by atoms with Crippen molar-refractivity contribution in [2.75, 3.05) is 19.0 Å². The Kier molecular flexibility index (Phi) is 5.50. The summed E-state index contributed by atoms with van der Waals surface area (Å²) in [7, 11) is 1.68. The van der Waals surface area contributed by atoms with Crippen LogP contribution in [0.15, 0.2) is 47.5 Å². The van der Waals surface area contributed by atoms with Crippen molar-refractivity contribution in [3.8, 4) is 5.75 Å². The summed E-state index contributed by atoms with van der Waals surface area (Å²) in [6.45, 7) is 9.02. The van der Waals surface area contributed by atoms with E-state index in [1.165, 1.54) is 16.7 Å². The number of nitrogens with two attached hydrogens (primary N) is 1. The number of aliphatic imine (C=N–C) groups is 1. The van der Waals surface area contributed by atoms with Crippen LogP contribution >= 0.6 is 0 Å². The van der Waals surface area contributed by atoms with Crippen molar-refractivity contribution >= 4 is 11.6 Å². The zero-order valence-corrected chi connectivity index (χ0v) is 15.2. The van der Waals surface area contributed by atoms with Crippen molar-refractivity contribution in [3.63, 3.8) is 0 Å². The van der Waals surface area contributed by atoms with Gasteiger partial charge in [0.25, 0.3) is 0 Å². The maximum Gasteiger partial charge on any atom is 0.193 e. The van der Waals surface area contributed by atoms with E-state index in [4.69, 9.17) is 10.5 Å². The quantitative estimate of drug-likeness (QED) is 0.645. The molecule has 0 aliphatic carbocycles. The molecule has 0 atom stereocenters. The molecule has 24 heavy (non-hydrogen) atoms. The molecule has 128 valence electrons. The maximum atomic E-state index is 6.06. The van der Waals surface area contributed by atoms with E-state index in [2.05, 4.69) is 62.3 Å². The average molecular weight is 325 g/mol. The van der Waals surface area contributed by atoms with Crippen LogP contribution in [0.25, 0.3) is 0 Å². The number of nitrogens with one attached hydrogen (secondary N) is 1. The molecule has 2 aromatic carbocycles. The molecule has 0 unspecified atom stereocenters. The van der Waals surface area contributed by atoms with Crippen LogP contribution in [0.2, 0.25) is 0 Å². The Labute approximate surface area is 144 Å². The average Bonchev–Trinajstić information content (AvgIpc) is 2.52. The number of hydrogen-bond donors (Lipinski definition) is 2. The Bertz CT molecular complexity index is 715. The topological polar surface area (TPSA) is 59.6 Å². The third-order valence-electron chi connectivity index (χ3n) is 3.99. The maximum absolute atomic E-state index is 6.06. The van der Waals surface area contributed by atoms with E-state index in [9.17, 15) is 0 Å². The Morgan fingerprint density at radius 3 is 2.42 bits per heavy atom. The zero-order chi connectivity index (χ0) is 17.7. The Morgan fingerprint density at radius 1 is 1.12 bits per heavy atom. The largest absolute Gasteiger partial charge is 0.497 e. The first-order valence-corrected chi connectivity index (χ1v) is 8.10. The highest BCUT2D eigenvalue weighted by atomic mass is 16.5. The van der Waals surface area contributed by atoms with Crippen molar-refractivity contribution < 1.29 is 4.74 Å². The molecular weight excluding hydrogens is 298 g/mol. The lowest BCUT2D eigenvalue weighted by atomic mass is 9.85. The smallest absolute Gasteiger partial charge is 0.193 e. The Balaban J connectivity index is 2.09. The number of anilines is 1. The standard InChI is InChI=1S/C20H27N3O/c1-14-9-15(2)11-17(10-14)23-19(21)22-13-20(3,4)16-7-6-8-18(12-16)24-5/h6-12H,13H2,1-5H3,(H3,21,22,23). The van der Waals surface area contributed by atoms with Gasteiger partial charge < -0.3 is 15.8 Å². The second kappa shape index (κ2) is 7.39. The first-order chi connectivity index (χ1) is 11.3. The van der Waals surface area contributed by atoms with Crippen LogP contribution in [0.5, 0.6) is 5.75 Å². The molecule has 0 aromatic heterocycles. The van der Waals surface area contributed by atoms with Gasteiger partial charge >= 0.3 is 0 Å². The third-order valence-corrected chi connectivity index (χ3v) is 3.99. The lowest BCUT2D eigenvalue weighted by Gasteiger charge is -2.24. The molecular formula is C20H27N3O. The number of aryl methyl sites for hydroxylation is 2. The van der Waals surface area contributed by atoms with Gasteiger partial charge in [-0.1, -0.05) is 32.0 Å². The summed E-state index contributed by atoms with van der Waals surface area (Å²) in [5.74, 6) is 1.28. The van der Waals surface area contributed by atoms with E-state index in [1.54, 1.807) is 7.11 Å². The van der Waals surface area contributed by atoms with E-state index < -0.39 is 0 Å². The first-order valence-electron chi connectivity index (χ1n) is 8.10. The van der Waals surface area contributed by atoms with E-state index in [0.717, 1.165) is 11.4 Å². The molecule has 0 spiro atoms. The molecule has 0 saturated carbocycles. The van der Waals surface area contributed by atoms with E-state index >= 15 is 0 Å². The molecule has 0 aliphatic heterocycles. The van der Waals surface area contributed by atoms with Crippen molar-refractivity contribution in [1.82, 2.24) is 0 Å². The molecule has 0 bridgehead atoms. The minimum Gasteiger partial charge on any atom is -0.497 e. The number of benzene rings is 2. The molecule has 2 aromatic rings. The Morgan fingerprint density at radius 2 is 1.79 bits per heavy atom. The summed E-state index contributed by atoms with van der Waals surface area (Å²) in [4.78, 5) is 4.52. The number of nitrogens with zero attached hydrogens (tertiary/aromatic N) is 1. The van der Waals surface area contributed by atoms with Crippen LogP contribution in [0.4, 0.5) is 5.69 Å². The highest BCUT2D eigenvalue weighted by Crippen LogP contribution is 2.26. The monoisotopic (exact) mass is 325 g/mol. The second-order valence-corrected chi connectivity index (χ2v) is 6.82. The summed E-state index contributed by atoms with van der Waals surface area (Å²) < 4.78 is 5.30. The molecule has 0 fully saturated rings. The van der Waals surface area contributed by atoms with Crippen molar-refractivity contribution in [1.29, 1.82) is 0 Å². The van der Waals surface area contributed by atoms with E-state index in [0.29, 0.717) is 12.5 Å². The molecule has 3 N–H and O–H groups in total. The first kappa shape index (κ1) is 17.9. The lowest BCUT2D eigenvalue weighted by molar-refractivity contribution is 0.412. The van der Waals surface area contributed by atoms with Crippen molar-refractivity contribution in [2.45, 2.75) is 33.1 Å². The summed E-state index contributed by atoms with van der Waals surface area (Å²) in [5, 5.41) is 3.17. The van der Waals surface area contributed by atoms with Gasteiger partial charge in [-0.05, 0) is 54.8 Å². The van der Waals surface area contributed by atoms with Gasteiger partial charge in [0.05, 0.1) is 13.7 Å². The molecule has 4 nitrogen and oxygen atoms in total. The molecule has 2 rings (SSSR count). The lowest BCUT2D eigenvalue weighted by Crippen LogP contribution is -2.27. The fourth-order valence-electron chi connectivity index (χ4n) is 2.65. The second-order valence-electron chi connectivity index (χ2n) is 6.82. The summed E-state index contributed by atoms with van der Waals surface area (Å²) in [6.07, 6.45) is 0. The summed E-state index contributed by atoms with van der Waals surface area (Å²) >= 11 is 0. The van der Waals surface area contributed by atoms with Gasteiger partial charge in [-0.25, -0.2) is 0 Å². The van der Waals surface area contributed by atoms with Crippen molar-refractivity contribution in [2.24, 2.45) is 10.7 Å². The SMILES string of the molecule is COc1cccc(C(C)(C)CN=C(N)Nc2cc(C)cc(C)c2)c1. The predicted molar refractivity (Wildman–Crippen MR) is 102 cm³/mol. The minimum absolute atomic E-state index is 0.136. The molecule has 0 heterocycles. The summed E-state index contributed by atoms with van der Waals surface area (Å²) in [5.41, 5.74) is 10.5. The normalized spacial score (nSPS) is 12.1. The minimum atomic E-state index is -0.136. The van der Waals surface area contributed by atoms with Gasteiger partial charge in [0.2, 0.25) is 0 Å². The fourth-order valence-corrected chi connectivity index (χ4v) is 2.65. The van der Waals surface area contributed by atoms with Crippen LogP contribution in [-0.2, 0) is 5.41 Å². The fraction of sp³-hybridized carbons (Fsp3) is 0.350. The van der Waals surface area contributed by atoms with Gasteiger partial charge in [0.15, 0.2) is 5.96 Å². The van der Waals surface area contributed by atoms with Crippen molar-refractivity contribution in [3.05, 3.63) is 59.2 Å². The Hall–Kier alpha value is -2.49. The number of rotatable bonds is 5. The highest BCUT2D eigenvalue weighted by Gasteiger charge is 2.20. The third kappa shape index (κ3) is 4.75. The van der Waals surface area contributed by atoms with Gasteiger partial charge in [-0.2, -0.15) is 0 Å². The summed E-state index contributed by atoms with van der Waals surface area (Å²) in [6, 6.07) is 14.3. The van der Waals surface area contributed by atoms with Gasteiger partial charge in [-0.15, -0.1) is 0 Å². The molecule has 4 heteroatoms. The number of guanidine groups is 1.